The molecule has 1 aliphatic heterocycles. The maximum Gasteiger partial charge on any atom is 0.357 e. The second-order valence-electron chi connectivity index (χ2n) is 4.57. The molecule has 106 valence electrons. The number of esters is 1. The molecule has 0 N–H and O–H groups in total. The van der Waals surface area contributed by atoms with E-state index >= 15 is 0 Å². The lowest BCUT2D eigenvalue weighted by Gasteiger charge is -2.23. The molecule has 0 amide bonds. The lowest BCUT2D eigenvalue weighted by molar-refractivity contribution is 0.0594. The Labute approximate surface area is 117 Å². The Kier molecular flexibility index (Phi) is 4.76. The Morgan fingerprint density at radius 1 is 1.63 bits per heavy atom. The van der Waals surface area contributed by atoms with E-state index in [1.54, 1.807) is 0 Å². The van der Waals surface area contributed by atoms with Crippen molar-refractivity contribution in [3.63, 3.8) is 0 Å². The minimum atomic E-state index is -0.367. The Balaban J connectivity index is 2.11. The van der Waals surface area contributed by atoms with E-state index in [9.17, 15) is 4.79 Å². The standard InChI is InChI=1S/C13H20N2O3S/c1-4-15(8-10-6-5-7-18-10)13-14-11(9(2)19-13)12(16)17-3/h10H,4-8H2,1-3H3. The number of nitrogens with zero attached hydrogens (tertiary/aromatic N) is 2. The largest absolute Gasteiger partial charge is 0.464 e. The number of methoxy groups -OCH3 is 1. The van der Waals surface area contributed by atoms with Crippen LogP contribution in [0.3, 0.4) is 0 Å². The summed E-state index contributed by atoms with van der Waals surface area (Å²) in [6.45, 7) is 6.53. The van der Waals surface area contributed by atoms with E-state index in [0.717, 1.165) is 42.5 Å². The lowest BCUT2D eigenvalue weighted by Crippen LogP contribution is -2.32. The zero-order valence-corrected chi connectivity index (χ0v) is 12.5. The maximum absolute atomic E-state index is 11.6. The van der Waals surface area contributed by atoms with E-state index in [2.05, 4.69) is 16.8 Å². The van der Waals surface area contributed by atoms with Gasteiger partial charge in [0, 0.05) is 24.6 Å². The van der Waals surface area contributed by atoms with Crippen LogP contribution in [0.25, 0.3) is 0 Å². The second kappa shape index (κ2) is 6.34. The molecule has 0 aliphatic carbocycles. The molecule has 1 aliphatic rings. The van der Waals surface area contributed by atoms with Gasteiger partial charge in [0.05, 0.1) is 13.2 Å². The average Bonchev–Trinajstić information content (AvgIpc) is 3.04. The van der Waals surface area contributed by atoms with Crippen LogP contribution in [0.2, 0.25) is 0 Å². The van der Waals surface area contributed by atoms with Crippen molar-refractivity contribution in [2.45, 2.75) is 32.8 Å². The molecule has 0 saturated carbocycles. The summed E-state index contributed by atoms with van der Waals surface area (Å²) >= 11 is 1.53. The first-order valence-electron chi connectivity index (χ1n) is 6.58. The molecule has 1 saturated heterocycles. The van der Waals surface area contributed by atoms with E-state index in [4.69, 9.17) is 9.47 Å². The fraction of sp³-hybridized carbons (Fsp3) is 0.692. The van der Waals surface area contributed by atoms with E-state index in [0.29, 0.717) is 5.69 Å². The van der Waals surface area contributed by atoms with Gasteiger partial charge >= 0.3 is 5.97 Å². The van der Waals surface area contributed by atoms with Crippen molar-refractivity contribution in [2.75, 3.05) is 31.7 Å². The first kappa shape index (κ1) is 14.3. The quantitative estimate of drug-likeness (QED) is 0.776. The zero-order valence-electron chi connectivity index (χ0n) is 11.6. The Bertz CT molecular complexity index is 441. The molecule has 0 spiro atoms. The number of rotatable bonds is 5. The maximum atomic E-state index is 11.6. The van der Waals surface area contributed by atoms with Crippen LogP contribution in [0.4, 0.5) is 5.13 Å². The fourth-order valence-corrected chi connectivity index (χ4v) is 3.15. The fourth-order valence-electron chi connectivity index (χ4n) is 2.18. The summed E-state index contributed by atoms with van der Waals surface area (Å²) in [5, 5.41) is 0.871. The van der Waals surface area contributed by atoms with E-state index in [1.807, 2.05) is 6.92 Å². The van der Waals surface area contributed by atoms with Crippen molar-refractivity contribution in [1.29, 1.82) is 0 Å². The van der Waals surface area contributed by atoms with Gasteiger partial charge in [-0.1, -0.05) is 0 Å². The molecule has 1 aromatic rings. The number of ether oxygens (including phenoxy) is 2. The molecule has 0 bridgehead atoms. The van der Waals surface area contributed by atoms with Gasteiger partial charge in [0.15, 0.2) is 10.8 Å². The van der Waals surface area contributed by atoms with Gasteiger partial charge in [0.2, 0.25) is 0 Å². The van der Waals surface area contributed by atoms with E-state index in [-0.39, 0.29) is 12.1 Å². The van der Waals surface area contributed by atoms with E-state index in [1.165, 1.54) is 18.4 Å². The lowest BCUT2D eigenvalue weighted by atomic mass is 10.2. The second-order valence-corrected chi connectivity index (χ2v) is 5.75. The predicted molar refractivity (Wildman–Crippen MR) is 75.1 cm³/mol. The predicted octanol–water partition coefficient (Wildman–Crippen LogP) is 2.24. The molecule has 1 atom stereocenters. The SMILES string of the molecule is CCN(CC1CCCO1)c1nc(C(=O)OC)c(C)s1. The van der Waals surface area contributed by atoms with Crippen molar-refractivity contribution in [3.8, 4) is 0 Å². The van der Waals surface area contributed by atoms with Crippen molar-refractivity contribution >= 4 is 22.4 Å². The number of carbonyl (C=O) groups is 1. The minimum absolute atomic E-state index is 0.283. The Morgan fingerprint density at radius 2 is 2.42 bits per heavy atom. The highest BCUT2D eigenvalue weighted by molar-refractivity contribution is 7.15. The minimum Gasteiger partial charge on any atom is -0.464 e. The molecule has 2 heterocycles. The first-order chi connectivity index (χ1) is 9.15. The molecule has 0 aromatic carbocycles. The highest BCUT2D eigenvalue weighted by Crippen LogP contribution is 2.27. The smallest absolute Gasteiger partial charge is 0.357 e. The summed E-state index contributed by atoms with van der Waals surface area (Å²) in [6.07, 6.45) is 2.52. The van der Waals surface area contributed by atoms with Gasteiger partial charge in [-0.2, -0.15) is 0 Å². The third-order valence-corrected chi connectivity index (χ3v) is 4.30. The number of anilines is 1. The number of aromatic nitrogens is 1. The highest BCUT2D eigenvalue weighted by Gasteiger charge is 2.23. The van der Waals surface area contributed by atoms with Crippen LogP contribution >= 0.6 is 11.3 Å². The summed E-state index contributed by atoms with van der Waals surface area (Å²) in [6, 6.07) is 0. The van der Waals surface area contributed by atoms with Crippen molar-refractivity contribution in [3.05, 3.63) is 10.6 Å². The van der Waals surface area contributed by atoms with Crippen LogP contribution in [0.1, 0.15) is 35.1 Å². The number of aryl methyl sites for hydroxylation is 1. The molecular formula is C13H20N2O3S. The van der Waals surface area contributed by atoms with Crippen LogP contribution in [0, 0.1) is 6.92 Å². The van der Waals surface area contributed by atoms with Crippen molar-refractivity contribution in [1.82, 2.24) is 4.98 Å². The van der Waals surface area contributed by atoms with Crippen LogP contribution in [-0.4, -0.2) is 43.9 Å². The number of carbonyl (C=O) groups excluding carboxylic acids is 1. The van der Waals surface area contributed by atoms with Crippen LogP contribution in [0.15, 0.2) is 0 Å². The van der Waals surface area contributed by atoms with Gasteiger partial charge in [-0.05, 0) is 26.7 Å². The summed E-state index contributed by atoms with van der Waals surface area (Å²) in [4.78, 5) is 19.1. The van der Waals surface area contributed by atoms with Gasteiger partial charge < -0.3 is 14.4 Å². The number of hydrogen-bond acceptors (Lipinski definition) is 6. The van der Waals surface area contributed by atoms with Gasteiger partial charge in [0.25, 0.3) is 0 Å². The Morgan fingerprint density at radius 3 is 3.00 bits per heavy atom. The van der Waals surface area contributed by atoms with Crippen molar-refractivity contribution < 1.29 is 14.3 Å². The van der Waals surface area contributed by atoms with Gasteiger partial charge in [-0.25, -0.2) is 9.78 Å². The van der Waals surface area contributed by atoms with Crippen LogP contribution in [-0.2, 0) is 9.47 Å². The first-order valence-corrected chi connectivity index (χ1v) is 7.39. The molecule has 2 rings (SSSR count). The van der Waals surface area contributed by atoms with Crippen LogP contribution < -0.4 is 4.90 Å². The summed E-state index contributed by atoms with van der Waals surface area (Å²) in [7, 11) is 1.38. The van der Waals surface area contributed by atoms with Gasteiger partial charge in [-0.15, -0.1) is 11.3 Å². The molecule has 5 nitrogen and oxygen atoms in total. The third kappa shape index (κ3) is 3.25. The monoisotopic (exact) mass is 284 g/mol. The average molecular weight is 284 g/mol. The third-order valence-electron chi connectivity index (χ3n) is 3.26. The summed E-state index contributed by atoms with van der Waals surface area (Å²) in [5.74, 6) is -0.367. The molecule has 1 unspecified atom stereocenters. The molecular weight excluding hydrogens is 264 g/mol. The molecule has 1 aromatic heterocycles. The summed E-state index contributed by atoms with van der Waals surface area (Å²) < 4.78 is 10.4. The molecule has 6 heteroatoms. The zero-order chi connectivity index (χ0) is 13.8. The molecule has 1 fully saturated rings. The highest BCUT2D eigenvalue weighted by atomic mass is 32.1. The van der Waals surface area contributed by atoms with Crippen molar-refractivity contribution in [2.24, 2.45) is 0 Å². The van der Waals surface area contributed by atoms with E-state index < -0.39 is 0 Å². The topological polar surface area (TPSA) is 51.7 Å². The molecule has 19 heavy (non-hydrogen) atoms. The van der Waals surface area contributed by atoms with Gasteiger partial charge in [-0.3, -0.25) is 0 Å². The Hall–Kier alpha value is -1.14. The molecule has 0 radical (unpaired) electrons. The van der Waals surface area contributed by atoms with Gasteiger partial charge in [0.1, 0.15) is 0 Å². The normalized spacial score (nSPS) is 18.6. The number of hydrogen-bond donors (Lipinski definition) is 0. The number of likely N-dealkylation sites (N-methyl/N-ethyl adjacent to an activating group) is 1. The number of thiazole rings is 1. The summed E-state index contributed by atoms with van der Waals surface area (Å²) in [5.41, 5.74) is 0.424. The van der Waals surface area contributed by atoms with Crippen LogP contribution in [0.5, 0.6) is 0 Å².